The molecule has 0 aromatic heterocycles. The van der Waals surface area contributed by atoms with Crippen LogP contribution in [0.15, 0.2) is 24.3 Å². The molecule has 1 rings (SSSR count). The maximum atomic E-state index is 11.0. The number of carbonyl (C=O) groups is 1. The van der Waals surface area contributed by atoms with E-state index in [0.717, 1.165) is 16.3 Å². The molecule has 0 bridgehead atoms. The summed E-state index contributed by atoms with van der Waals surface area (Å²) in [7, 11) is 1.42. The van der Waals surface area contributed by atoms with Crippen LogP contribution in [0.3, 0.4) is 0 Å². The first-order chi connectivity index (χ1) is 7.22. The zero-order valence-corrected chi connectivity index (χ0v) is 9.90. The van der Waals surface area contributed by atoms with Gasteiger partial charge >= 0.3 is 0 Å². The van der Waals surface area contributed by atoms with Crippen LogP contribution >= 0.6 is 23.4 Å². The molecule has 0 fully saturated rings. The third-order valence-corrected chi connectivity index (χ3v) is 2.85. The first kappa shape index (κ1) is 12.4. The van der Waals surface area contributed by atoms with Crippen LogP contribution in [0.4, 0.5) is 0 Å². The predicted octanol–water partition coefficient (Wildman–Crippen LogP) is 2.25. The Morgan fingerprint density at radius 3 is 3.07 bits per heavy atom. The highest BCUT2D eigenvalue weighted by atomic mass is 35.5. The van der Waals surface area contributed by atoms with Crippen LogP contribution in [0, 0.1) is 0 Å². The van der Waals surface area contributed by atoms with Crippen molar-refractivity contribution in [3.05, 3.63) is 34.9 Å². The number of hydroxylamine groups is 1. The molecular formula is C10H12ClNO2S. The molecule has 15 heavy (non-hydrogen) atoms. The molecule has 0 atom stereocenters. The van der Waals surface area contributed by atoms with Gasteiger partial charge in [0.25, 0.3) is 5.91 Å². The van der Waals surface area contributed by atoms with Gasteiger partial charge in [0.15, 0.2) is 0 Å². The highest BCUT2D eigenvalue weighted by Gasteiger charge is 2.00. The fraction of sp³-hybridized carbons (Fsp3) is 0.300. The molecule has 82 valence electrons. The van der Waals surface area contributed by atoms with E-state index in [-0.39, 0.29) is 5.91 Å². The van der Waals surface area contributed by atoms with Gasteiger partial charge in [-0.3, -0.25) is 9.63 Å². The summed E-state index contributed by atoms with van der Waals surface area (Å²) in [5, 5.41) is 0.717. The highest BCUT2D eigenvalue weighted by Crippen LogP contribution is 2.16. The molecule has 0 aliphatic carbocycles. The number of hydrogen-bond acceptors (Lipinski definition) is 3. The largest absolute Gasteiger partial charge is 0.277 e. The number of nitrogens with one attached hydrogen (secondary N) is 1. The van der Waals surface area contributed by atoms with Crippen LogP contribution in [0.25, 0.3) is 0 Å². The summed E-state index contributed by atoms with van der Waals surface area (Å²) in [6, 6.07) is 7.59. The topological polar surface area (TPSA) is 38.3 Å². The molecule has 1 aromatic carbocycles. The van der Waals surface area contributed by atoms with Gasteiger partial charge in [-0.05, 0) is 17.7 Å². The standard InChI is InChI=1S/C10H12ClNO2S/c1-14-12-10(13)7-15-6-8-3-2-4-9(11)5-8/h2-5H,6-7H2,1H3,(H,12,13). The summed E-state index contributed by atoms with van der Waals surface area (Å²) in [6.07, 6.45) is 0. The van der Waals surface area contributed by atoms with Crippen LogP contribution in [-0.2, 0) is 15.4 Å². The first-order valence-corrected chi connectivity index (χ1v) is 5.89. The van der Waals surface area contributed by atoms with E-state index in [0.29, 0.717) is 5.75 Å². The lowest BCUT2D eigenvalue weighted by Gasteiger charge is -2.02. The third kappa shape index (κ3) is 5.06. The van der Waals surface area contributed by atoms with Gasteiger partial charge < -0.3 is 0 Å². The fourth-order valence-electron chi connectivity index (χ4n) is 1.03. The zero-order valence-electron chi connectivity index (χ0n) is 8.33. The van der Waals surface area contributed by atoms with Crippen LogP contribution in [0.1, 0.15) is 5.56 Å². The highest BCUT2D eigenvalue weighted by molar-refractivity contribution is 7.99. The normalized spacial score (nSPS) is 10.0. The zero-order chi connectivity index (χ0) is 11.1. The quantitative estimate of drug-likeness (QED) is 0.809. The Hall–Kier alpha value is -0.710. The average molecular weight is 246 g/mol. The second kappa shape index (κ2) is 6.71. The lowest BCUT2D eigenvalue weighted by molar-refractivity contribution is -0.128. The number of rotatable bonds is 5. The maximum absolute atomic E-state index is 11.0. The number of amides is 1. The van der Waals surface area contributed by atoms with Gasteiger partial charge in [-0.25, -0.2) is 5.48 Å². The Balaban J connectivity index is 2.28. The summed E-state index contributed by atoms with van der Waals surface area (Å²) in [6.45, 7) is 0. The van der Waals surface area contributed by atoms with Gasteiger partial charge in [0, 0.05) is 10.8 Å². The van der Waals surface area contributed by atoms with Gasteiger partial charge in [-0.2, -0.15) is 0 Å². The average Bonchev–Trinajstić information content (AvgIpc) is 2.18. The van der Waals surface area contributed by atoms with E-state index in [1.165, 1.54) is 18.9 Å². The molecule has 0 saturated carbocycles. The van der Waals surface area contributed by atoms with E-state index in [4.69, 9.17) is 11.6 Å². The molecule has 0 unspecified atom stereocenters. The Morgan fingerprint density at radius 2 is 2.40 bits per heavy atom. The van der Waals surface area contributed by atoms with E-state index < -0.39 is 0 Å². The molecule has 5 heteroatoms. The van der Waals surface area contributed by atoms with Gasteiger partial charge in [0.2, 0.25) is 0 Å². The fourth-order valence-corrected chi connectivity index (χ4v) is 2.01. The van der Waals surface area contributed by atoms with E-state index >= 15 is 0 Å². The summed E-state index contributed by atoms with van der Waals surface area (Å²) in [5.74, 6) is 1.00. The minimum absolute atomic E-state index is 0.135. The number of benzene rings is 1. The number of hydrogen-bond donors (Lipinski definition) is 1. The molecule has 0 aliphatic heterocycles. The van der Waals surface area contributed by atoms with Crippen LogP contribution in [0.2, 0.25) is 5.02 Å². The molecule has 0 spiro atoms. The van der Waals surface area contributed by atoms with Gasteiger partial charge in [0.05, 0.1) is 12.9 Å². The summed E-state index contributed by atoms with van der Waals surface area (Å²) in [5.41, 5.74) is 3.37. The van der Waals surface area contributed by atoms with Crippen molar-refractivity contribution >= 4 is 29.3 Å². The van der Waals surface area contributed by atoms with Crippen molar-refractivity contribution in [2.24, 2.45) is 0 Å². The molecule has 3 nitrogen and oxygen atoms in total. The Bertz CT molecular complexity index is 333. The molecule has 1 N–H and O–H groups in total. The van der Waals surface area contributed by atoms with E-state index in [9.17, 15) is 4.79 Å². The van der Waals surface area contributed by atoms with Crippen molar-refractivity contribution in [3.8, 4) is 0 Å². The van der Waals surface area contributed by atoms with Crippen molar-refractivity contribution in [2.75, 3.05) is 12.9 Å². The minimum Gasteiger partial charge on any atom is -0.277 e. The summed E-state index contributed by atoms with van der Waals surface area (Å²) in [4.78, 5) is 15.5. The van der Waals surface area contributed by atoms with E-state index in [1.54, 1.807) is 0 Å². The molecule has 0 heterocycles. The second-order valence-electron chi connectivity index (χ2n) is 2.85. The lowest BCUT2D eigenvalue weighted by Crippen LogP contribution is -2.23. The third-order valence-electron chi connectivity index (χ3n) is 1.61. The van der Waals surface area contributed by atoms with Crippen LogP contribution in [0.5, 0.6) is 0 Å². The Labute approximate surface area is 98.1 Å². The number of carbonyl (C=O) groups excluding carboxylic acids is 1. The second-order valence-corrected chi connectivity index (χ2v) is 4.27. The molecule has 1 amide bonds. The van der Waals surface area contributed by atoms with Crippen molar-refractivity contribution in [2.45, 2.75) is 5.75 Å². The molecule has 0 saturated heterocycles. The molecule has 1 aromatic rings. The van der Waals surface area contributed by atoms with Crippen LogP contribution in [-0.4, -0.2) is 18.8 Å². The van der Waals surface area contributed by atoms with Crippen molar-refractivity contribution in [3.63, 3.8) is 0 Å². The van der Waals surface area contributed by atoms with Gasteiger partial charge in [0.1, 0.15) is 0 Å². The van der Waals surface area contributed by atoms with Crippen molar-refractivity contribution in [1.29, 1.82) is 0 Å². The van der Waals surface area contributed by atoms with Crippen LogP contribution < -0.4 is 5.48 Å². The molecule has 0 radical (unpaired) electrons. The molecular weight excluding hydrogens is 234 g/mol. The smallest absolute Gasteiger partial charge is 0.253 e. The first-order valence-electron chi connectivity index (χ1n) is 4.36. The van der Waals surface area contributed by atoms with Crippen molar-refractivity contribution in [1.82, 2.24) is 5.48 Å². The summed E-state index contributed by atoms with van der Waals surface area (Å²) >= 11 is 7.34. The SMILES string of the molecule is CONC(=O)CSCc1cccc(Cl)c1. The Kier molecular flexibility index (Phi) is 5.53. The Morgan fingerprint density at radius 1 is 1.60 bits per heavy atom. The number of thioether (sulfide) groups is 1. The van der Waals surface area contributed by atoms with Gasteiger partial charge in [-0.15, -0.1) is 11.8 Å². The molecule has 0 aliphatic rings. The van der Waals surface area contributed by atoms with E-state index in [2.05, 4.69) is 10.3 Å². The number of halogens is 1. The maximum Gasteiger partial charge on any atom is 0.253 e. The summed E-state index contributed by atoms with van der Waals surface area (Å²) < 4.78 is 0. The van der Waals surface area contributed by atoms with E-state index in [1.807, 2.05) is 24.3 Å². The lowest BCUT2D eigenvalue weighted by atomic mass is 10.2. The predicted molar refractivity (Wildman–Crippen MR) is 62.8 cm³/mol. The van der Waals surface area contributed by atoms with Gasteiger partial charge in [-0.1, -0.05) is 23.7 Å². The monoisotopic (exact) mass is 245 g/mol. The van der Waals surface area contributed by atoms with Crippen molar-refractivity contribution < 1.29 is 9.63 Å². The minimum atomic E-state index is -0.135.